The van der Waals surface area contributed by atoms with Crippen LogP contribution in [0.5, 0.6) is 5.75 Å². The van der Waals surface area contributed by atoms with Crippen LogP contribution in [-0.4, -0.2) is 22.0 Å². The van der Waals surface area contributed by atoms with Gasteiger partial charge in [-0.2, -0.15) is 0 Å². The number of hydrogen-bond donors (Lipinski definition) is 3. The van der Waals surface area contributed by atoms with Gasteiger partial charge in [0.15, 0.2) is 5.78 Å². The second kappa shape index (κ2) is 7.11. The van der Waals surface area contributed by atoms with Gasteiger partial charge in [-0.1, -0.05) is 36.4 Å². The Morgan fingerprint density at radius 1 is 0.846 bits per heavy atom. The summed E-state index contributed by atoms with van der Waals surface area (Å²) in [5, 5.41) is 22.3. The van der Waals surface area contributed by atoms with E-state index in [9.17, 15) is 19.8 Å². The molecule has 26 heavy (non-hydrogen) atoms. The molecule has 0 aliphatic carbocycles. The summed E-state index contributed by atoms with van der Waals surface area (Å²) in [6.45, 7) is 1.79. The number of aryl methyl sites for hydroxylation is 1. The van der Waals surface area contributed by atoms with Crippen molar-refractivity contribution < 1.29 is 19.8 Å². The van der Waals surface area contributed by atoms with Crippen LogP contribution in [0.1, 0.15) is 31.8 Å². The number of rotatable bonds is 5. The lowest BCUT2D eigenvalue weighted by Gasteiger charge is -2.13. The van der Waals surface area contributed by atoms with E-state index in [0.717, 1.165) is 5.56 Å². The number of aromatic hydroxyl groups is 1. The average molecular weight is 347 g/mol. The molecule has 0 spiro atoms. The number of benzene rings is 3. The maximum Gasteiger partial charge on any atom is 0.336 e. The lowest BCUT2D eigenvalue weighted by Crippen LogP contribution is -2.11. The summed E-state index contributed by atoms with van der Waals surface area (Å²) >= 11 is 0. The van der Waals surface area contributed by atoms with Gasteiger partial charge >= 0.3 is 5.97 Å². The molecule has 0 bridgehead atoms. The maximum atomic E-state index is 13.0. The number of carboxylic acids is 1. The molecule has 0 saturated heterocycles. The zero-order chi connectivity index (χ0) is 18.7. The Balaban J connectivity index is 2.01. The Morgan fingerprint density at radius 2 is 1.46 bits per heavy atom. The van der Waals surface area contributed by atoms with Crippen LogP contribution in [0.2, 0.25) is 0 Å². The number of phenolic OH excluding ortho intramolecular Hbond substituents is 1. The summed E-state index contributed by atoms with van der Waals surface area (Å²) in [6.07, 6.45) is 0. The summed E-state index contributed by atoms with van der Waals surface area (Å²) < 4.78 is 0. The van der Waals surface area contributed by atoms with Crippen molar-refractivity contribution in [3.63, 3.8) is 0 Å². The van der Waals surface area contributed by atoms with Gasteiger partial charge in [0.25, 0.3) is 0 Å². The summed E-state index contributed by atoms with van der Waals surface area (Å²) in [4.78, 5) is 24.4. The molecule has 0 aliphatic heterocycles. The zero-order valence-corrected chi connectivity index (χ0v) is 14.1. The second-order valence-electron chi connectivity index (χ2n) is 5.85. The van der Waals surface area contributed by atoms with Gasteiger partial charge < -0.3 is 15.5 Å². The number of hydrogen-bond acceptors (Lipinski definition) is 4. The number of anilines is 2. The number of carbonyl (C=O) groups excluding carboxylic acids is 1. The number of para-hydroxylation sites is 1. The predicted octanol–water partition coefficient (Wildman–Crippen LogP) is 4.37. The normalized spacial score (nSPS) is 10.3. The molecule has 0 unspecified atom stereocenters. The topological polar surface area (TPSA) is 86.6 Å². The van der Waals surface area contributed by atoms with Crippen molar-refractivity contribution in [1.82, 2.24) is 0 Å². The number of aromatic carboxylic acids is 1. The van der Waals surface area contributed by atoms with Crippen molar-refractivity contribution in [1.29, 1.82) is 0 Å². The predicted molar refractivity (Wildman–Crippen MR) is 99.4 cm³/mol. The molecule has 0 aromatic heterocycles. The van der Waals surface area contributed by atoms with Gasteiger partial charge in [0.1, 0.15) is 5.75 Å². The van der Waals surface area contributed by atoms with Crippen LogP contribution in [0.3, 0.4) is 0 Å². The Morgan fingerprint density at radius 3 is 2.12 bits per heavy atom. The van der Waals surface area contributed by atoms with E-state index in [1.807, 2.05) is 0 Å². The van der Waals surface area contributed by atoms with Crippen molar-refractivity contribution in [3.8, 4) is 5.75 Å². The molecule has 0 saturated carbocycles. The standard InChI is InChI=1S/C21H17NO4/c1-13-10-11-14(12-19(13)23)22-18-9-5-4-8-17(18)20(24)15-6-2-3-7-16(15)21(25)26/h2-12,22-23H,1H3,(H,25,26). The molecule has 0 aliphatic rings. The van der Waals surface area contributed by atoms with E-state index in [-0.39, 0.29) is 22.7 Å². The summed E-state index contributed by atoms with van der Waals surface area (Å²) in [5.41, 5.74) is 2.33. The van der Waals surface area contributed by atoms with Crippen LogP contribution in [0.4, 0.5) is 11.4 Å². The molecule has 0 heterocycles. The van der Waals surface area contributed by atoms with Crippen LogP contribution in [-0.2, 0) is 0 Å². The van der Waals surface area contributed by atoms with Crippen molar-refractivity contribution in [3.05, 3.63) is 89.0 Å². The lowest BCUT2D eigenvalue weighted by molar-refractivity contribution is 0.0693. The van der Waals surface area contributed by atoms with Crippen molar-refractivity contribution >= 4 is 23.1 Å². The van der Waals surface area contributed by atoms with Gasteiger partial charge in [-0.15, -0.1) is 0 Å². The number of carbonyl (C=O) groups is 2. The molecule has 130 valence electrons. The second-order valence-corrected chi connectivity index (χ2v) is 5.85. The first-order chi connectivity index (χ1) is 12.5. The minimum absolute atomic E-state index is 0.0414. The Labute approximate surface area is 150 Å². The van der Waals surface area contributed by atoms with E-state index >= 15 is 0 Å². The highest BCUT2D eigenvalue weighted by molar-refractivity contribution is 6.16. The molecular weight excluding hydrogens is 330 g/mol. The first kappa shape index (κ1) is 17.2. The maximum absolute atomic E-state index is 13.0. The van der Waals surface area contributed by atoms with E-state index in [2.05, 4.69) is 5.32 Å². The van der Waals surface area contributed by atoms with E-state index < -0.39 is 5.97 Å². The number of nitrogens with one attached hydrogen (secondary N) is 1. The quantitative estimate of drug-likeness (QED) is 0.597. The molecule has 0 atom stereocenters. The Hall–Kier alpha value is -3.60. The van der Waals surface area contributed by atoms with Crippen LogP contribution in [0, 0.1) is 6.92 Å². The van der Waals surface area contributed by atoms with Gasteiger partial charge in [-0.25, -0.2) is 4.79 Å². The SMILES string of the molecule is Cc1ccc(Nc2ccccc2C(=O)c2ccccc2C(=O)O)cc1O. The van der Waals surface area contributed by atoms with Gasteiger partial charge in [-0.05, 0) is 36.8 Å². The first-order valence-corrected chi connectivity index (χ1v) is 8.00. The highest BCUT2D eigenvalue weighted by Gasteiger charge is 2.19. The third kappa shape index (κ3) is 3.42. The zero-order valence-electron chi connectivity index (χ0n) is 14.1. The van der Waals surface area contributed by atoms with Crippen molar-refractivity contribution in [2.75, 3.05) is 5.32 Å². The minimum Gasteiger partial charge on any atom is -0.508 e. The van der Waals surface area contributed by atoms with Crippen LogP contribution < -0.4 is 5.32 Å². The molecule has 0 fully saturated rings. The summed E-state index contributed by atoms with van der Waals surface area (Å²) in [5.74, 6) is -1.39. The van der Waals surface area contributed by atoms with E-state index in [1.54, 1.807) is 61.5 Å². The fraction of sp³-hybridized carbons (Fsp3) is 0.0476. The molecular formula is C21H17NO4. The molecule has 5 nitrogen and oxygen atoms in total. The van der Waals surface area contributed by atoms with Crippen LogP contribution >= 0.6 is 0 Å². The van der Waals surface area contributed by atoms with Gasteiger partial charge in [0.05, 0.1) is 5.56 Å². The monoisotopic (exact) mass is 347 g/mol. The average Bonchev–Trinajstić information content (AvgIpc) is 2.64. The molecule has 3 N–H and O–H groups in total. The first-order valence-electron chi connectivity index (χ1n) is 8.00. The highest BCUT2D eigenvalue weighted by atomic mass is 16.4. The number of carboxylic acid groups (broad SMARTS) is 1. The van der Waals surface area contributed by atoms with Gasteiger partial charge in [0, 0.05) is 28.6 Å². The van der Waals surface area contributed by atoms with Crippen molar-refractivity contribution in [2.24, 2.45) is 0 Å². The fourth-order valence-corrected chi connectivity index (χ4v) is 2.65. The largest absolute Gasteiger partial charge is 0.508 e. The summed E-state index contributed by atoms with van der Waals surface area (Å²) in [7, 11) is 0. The van der Waals surface area contributed by atoms with E-state index in [1.165, 1.54) is 12.1 Å². The third-order valence-corrected chi connectivity index (χ3v) is 4.06. The Kier molecular flexibility index (Phi) is 4.71. The number of ketones is 1. The lowest BCUT2D eigenvalue weighted by atomic mass is 9.97. The van der Waals surface area contributed by atoms with Crippen molar-refractivity contribution in [2.45, 2.75) is 6.92 Å². The Bertz CT molecular complexity index is 995. The molecule has 5 heteroatoms. The van der Waals surface area contributed by atoms with E-state index in [4.69, 9.17) is 0 Å². The fourth-order valence-electron chi connectivity index (χ4n) is 2.65. The smallest absolute Gasteiger partial charge is 0.336 e. The number of phenols is 1. The molecule has 3 rings (SSSR count). The molecule has 3 aromatic rings. The highest BCUT2D eigenvalue weighted by Crippen LogP contribution is 2.27. The van der Waals surface area contributed by atoms with Crippen LogP contribution in [0.25, 0.3) is 0 Å². The minimum atomic E-state index is -1.15. The van der Waals surface area contributed by atoms with Gasteiger partial charge in [-0.3, -0.25) is 4.79 Å². The molecule has 0 amide bonds. The third-order valence-electron chi connectivity index (χ3n) is 4.06. The molecule has 3 aromatic carbocycles. The van der Waals surface area contributed by atoms with E-state index in [0.29, 0.717) is 16.9 Å². The van der Waals surface area contributed by atoms with Gasteiger partial charge in [0.2, 0.25) is 0 Å². The van der Waals surface area contributed by atoms with Crippen LogP contribution in [0.15, 0.2) is 66.7 Å². The summed E-state index contributed by atoms with van der Waals surface area (Å²) in [6, 6.07) is 18.1. The molecule has 0 radical (unpaired) electrons.